The predicted octanol–water partition coefficient (Wildman–Crippen LogP) is 3.11. The molecule has 0 N–H and O–H groups in total. The van der Waals surface area contributed by atoms with Crippen LogP contribution in [-0.2, 0) is 16.1 Å². The topological polar surface area (TPSA) is 49.9 Å². The number of halogens is 1. The predicted molar refractivity (Wildman–Crippen MR) is 96.8 cm³/mol. The van der Waals surface area contributed by atoms with Gasteiger partial charge in [0.15, 0.2) is 0 Å². The molecule has 1 fully saturated rings. The lowest BCUT2D eigenvalue weighted by molar-refractivity contribution is -0.122. The van der Waals surface area contributed by atoms with Gasteiger partial charge in [-0.2, -0.15) is 0 Å². The summed E-state index contributed by atoms with van der Waals surface area (Å²) in [5, 5.41) is 0.649. The van der Waals surface area contributed by atoms with Gasteiger partial charge in [0.2, 0.25) is 5.91 Å². The molecule has 1 aliphatic rings. The van der Waals surface area contributed by atoms with Crippen molar-refractivity contribution in [3.8, 4) is 5.75 Å². The number of benzene rings is 2. The van der Waals surface area contributed by atoms with Gasteiger partial charge in [-0.25, -0.2) is 4.90 Å². The van der Waals surface area contributed by atoms with Crippen molar-refractivity contribution in [1.82, 2.24) is 4.90 Å². The smallest absolute Gasteiger partial charge is 0.251 e. The molecule has 2 amide bonds. The van der Waals surface area contributed by atoms with E-state index in [0.29, 0.717) is 23.0 Å². The summed E-state index contributed by atoms with van der Waals surface area (Å²) >= 11 is 6.20. The van der Waals surface area contributed by atoms with Crippen molar-refractivity contribution in [2.45, 2.75) is 19.0 Å². The molecule has 1 atom stereocenters. The van der Waals surface area contributed by atoms with Crippen LogP contribution in [0, 0.1) is 0 Å². The average Bonchev–Trinajstić information content (AvgIpc) is 2.91. The van der Waals surface area contributed by atoms with Crippen LogP contribution in [-0.4, -0.2) is 36.9 Å². The molecule has 0 aromatic heterocycles. The van der Waals surface area contributed by atoms with Crippen LogP contribution in [0.1, 0.15) is 12.0 Å². The molecule has 5 nitrogen and oxygen atoms in total. The monoisotopic (exact) mass is 358 g/mol. The Kier molecular flexibility index (Phi) is 5.06. The molecule has 0 saturated carbocycles. The number of likely N-dealkylation sites (N-methyl/N-ethyl adjacent to an activating group) is 1. The highest BCUT2D eigenvalue weighted by atomic mass is 35.5. The zero-order valence-electron chi connectivity index (χ0n) is 14.1. The van der Waals surface area contributed by atoms with Gasteiger partial charge in [-0.3, -0.25) is 14.5 Å². The van der Waals surface area contributed by atoms with Gasteiger partial charge in [0.1, 0.15) is 5.75 Å². The van der Waals surface area contributed by atoms with E-state index in [2.05, 4.69) is 0 Å². The first kappa shape index (κ1) is 17.5. The Bertz CT molecular complexity index is 809. The first-order chi connectivity index (χ1) is 12.0. The second-order valence-electron chi connectivity index (χ2n) is 6.00. The Hall–Kier alpha value is -2.37. The van der Waals surface area contributed by atoms with Crippen molar-refractivity contribution in [2.75, 3.05) is 19.1 Å². The van der Waals surface area contributed by atoms with Crippen molar-refractivity contribution >= 4 is 29.1 Å². The van der Waals surface area contributed by atoms with E-state index >= 15 is 0 Å². The maximum atomic E-state index is 12.8. The summed E-state index contributed by atoms with van der Waals surface area (Å²) in [5.74, 6) is 0.160. The molecule has 130 valence electrons. The second-order valence-corrected chi connectivity index (χ2v) is 6.40. The lowest BCUT2D eigenvalue weighted by Gasteiger charge is -2.23. The summed E-state index contributed by atoms with van der Waals surface area (Å²) in [7, 11) is 3.38. The number of hydrogen-bond acceptors (Lipinski definition) is 4. The zero-order chi connectivity index (χ0) is 18.0. The Balaban J connectivity index is 1.79. The fourth-order valence-electron chi connectivity index (χ4n) is 2.99. The van der Waals surface area contributed by atoms with Crippen molar-refractivity contribution in [1.29, 1.82) is 0 Å². The third-order valence-corrected chi connectivity index (χ3v) is 4.71. The molecule has 1 unspecified atom stereocenters. The average molecular weight is 359 g/mol. The van der Waals surface area contributed by atoms with Crippen LogP contribution in [0.4, 0.5) is 5.69 Å². The van der Waals surface area contributed by atoms with Crippen molar-refractivity contribution < 1.29 is 14.3 Å². The molecule has 1 heterocycles. The number of carbonyl (C=O) groups excluding carboxylic acids is 2. The van der Waals surface area contributed by atoms with Gasteiger partial charge in [-0.05, 0) is 30.8 Å². The second kappa shape index (κ2) is 7.25. The fourth-order valence-corrected chi connectivity index (χ4v) is 3.18. The van der Waals surface area contributed by atoms with Crippen LogP contribution in [0.5, 0.6) is 5.75 Å². The summed E-state index contributed by atoms with van der Waals surface area (Å²) in [6.45, 7) is 0.495. The van der Waals surface area contributed by atoms with E-state index in [1.54, 1.807) is 31.4 Å². The molecular formula is C19H19ClN2O3. The number of rotatable bonds is 5. The first-order valence-electron chi connectivity index (χ1n) is 7.95. The van der Waals surface area contributed by atoms with Crippen molar-refractivity contribution in [2.24, 2.45) is 0 Å². The van der Waals surface area contributed by atoms with E-state index in [1.807, 2.05) is 36.2 Å². The summed E-state index contributed by atoms with van der Waals surface area (Å²) in [5.41, 5.74) is 1.45. The number of amides is 2. The van der Waals surface area contributed by atoms with E-state index in [0.717, 1.165) is 5.56 Å². The van der Waals surface area contributed by atoms with Crippen molar-refractivity contribution in [3.05, 3.63) is 59.1 Å². The molecule has 3 rings (SSSR count). The van der Waals surface area contributed by atoms with E-state index in [9.17, 15) is 9.59 Å². The zero-order valence-corrected chi connectivity index (χ0v) is 14.9. The van der Waals surface area contributed by atoms with Gasteiger partial charge in [-0.1, -0.05) is 35.9 Å². The molecule has 0 spiro atoms. The minimum absolute atomic E-state index is 0.150. The van der Waals surface area contributed by atoms with Crippen LogP contribution in [0.2, 0.25) is 5.02 Å². The van der Waals surface area contributed by atoms with Gasteiger partial charge in [0, 0.05) is 17.6 Å². The Morgan fingerprint density at radius 2 is 1.96 bits per heavy atom. The largest absolute Gasteiger partial charge is 0.497 e. The Morgan fingerprint density at radius 1 is 1.20 bits per heavy atom. The molecule has 0 bridgehead atoms. The summed E-state index contributed by atoms with van der Waals surface area (Å²) < 4.78 is 5.18. The van der Waals surface area contributed by atoms with Gasteiger partial charge >= 0.3 is 0 Å². The third kappa shape index (κ3) is 3.52. The van der Waals surface area contributed by atoms with Crippen LogP contribution >= 0.6 is 11.6 Å². The van der Waals surface area contributed by atoms with Crippen LogP contribution in [0.3, 0.4) is 0 Å². The number of methoxy groups -OCH3 is 1. The molecule has 0 radical (unpaired) electrons. The number of carbonyl (C=O) groups is 2. The molecule has 6 heteroatoms. The van der Waals surface area contributed by atoms with Gasteiger partial charge in [0.05, 0.1) is 25.3 Å². The maximum absolute atomic E-state index is 12.8. The summed E-state index contributed by atoms with van der Waals surface area (Å²) in [6, 6.07) is 13.9. The number of ether oxygens (including phenoxy) is 1. The van der Waals surface area contributed by atoms with E-state index in [4.69, 9.17) is 16.3 Å². The molecule has 25 heavy (non-hydrogen) atoms. The highest BCUT2D eigenvalue weighted by Gasteiger charge is 2.41. The van der Waals surface area contributed by atoms with E-state index in [1.165, 1.54) is 4.90 Å². The molecule has 2 aromatic rings. The van der Waals surface area contributed by atoms with Crippen molar-refractivity contribution in [3.63, 3.8) is 0 Å². The maximum Gasteiger partial charge on any atom is 0.251 e. The van der Waals surface area contributed by atoms with Gasteiger partial charge < -0.3 is 4.74 Å². The van der Waals surface area contributed by atoms with E-state index in [-0.39, 0.29) is 18.2 Å². The fraction of sp³-hybridized carbons (Fsp3) is 0.263. The van der Waals surface area contributed by atoms with Crippen LogP contribution in [0.15, 0.2) is 48.5 Å². The standard InChI is InChI=1S/C19H19ClN2O3/c1-21(12-13-6-3-4-9-16(13)20)17-11-18(23)22(19(17)24)14-7-5-8-15(10-14)25-2/h3-10,17H,11-12H2,1-2H3. The SMILES string of the molecule is COc1cccc(N2C(=O)CC(N(C)Cc3ccccc3Cl)C2=O)c1. The molecule has 1 saturated heterocycles. The minimum Gasteiger partial charge on any atom is -0.497 e. The Labute approximate surface area is 151 Å². The summed E-state index contributed by atoms with van der Waals surface area (Å²) in [6.07, 6.45) is 0.150. The van der Waals surface area contributed by atoms with E-state index < -0.39 is 6.04 Å². The first-order valence-corrected chi connectivity index (χ1v) is 8.33. The number of anilines is 1. The van der Waals surface area contributed by atoms with Crippen LogP contribution in [0.25, 0.3) is 0 Å². The Morgan fingerprint density at radius 3 is 2.68 bits per heavy atom. The van der Waals surface area contributed by atoms with Crippen LogP contribution < -0.4 is 9.64 Å². The number of nitrogens with zero attached hydrogens (tertiary/aromatic N) is 2. The minimum atomic E-state index is -0.505. The summed E-state index contributed by atoms with van der Waals surface area (Å²) in [4.78, 5) is 28.3. The lowest BCUT2D eigenvalue weighted by Crippen LogP contribution is -2.39. The number of hydrogen-bond donors (Lipinski definition) is 0. The normalized spacial score (nSPS) is 17.4. The molecule has 0 aliphatic carbocycles. The van der Waals surface area contributed by atoms with Gasteiger partial charge in [0.25, 0.3) is 5.91 Å². The van der Waals surface area contributed by atoms with Gasteiger partial charge in [-0.15, -0.1) is 0 Å². The quantitative estimate of drug-likeness (QED) is 0.771. The molecule has 2 aromatic carbocycles. The third-order valence-electron chi connectivity index (χ3n) is 4.34. The highest BCUT2D eigenvalue weighted by Crippen LogP contribution is 2.29. The molecule has 1 aliphatic heterocycles. The number of imide groups is 1. The highest BCUT2D eigenvalue weighted by molar-refractivity contribution is 6.31. The molecular weight excluding hydrogens is 340 g/mol. The lowest BCUT2D eigenvalue weighted by atomic mass is 10.1.